The fourth-order valence-corrected chi connectivity index (χ4v) is 3.34. The highest BCUT2D eigenvalue weighted by molar-refractivity contribution is 9.10. The van der Waals surface area contributed by atoms with Crippen LogP contribution in [0.25, 0.3) is 0 Å². The van der Waals surface area contributed by atoms with Crippen molar-refractivity contribution in [1.29, 1.82) is 0 Å². The van der Waals surface area contributed by atoms with Gasteiger partial charge in [-0.15, -0.1) is 0 Å². The van der Waals surface area contributed by atoms with Gasteiger partial charge in [-0.05, 0) is 52.7 Å². The standard InChI is InChI=1S/C18H18BrF2N3O3/c1-18(20,21)27-14-4-2-12(3-5-14)23-17(26)11-8-15(19)16(22-9-11)24-7-6-13(25)10-24/h2-5,8-9,13,25H,6-7,10H2,1H3,(H,23,26)/t13-/m1/s1. The van der Waals surface area contributed by atoms with Gasteiger partial charge in [0.1, 0.15) is 11.6 Å². The zero-order valence-electron chi connectivity index (χ0n) is 14.5. The topological polar surface area (TPSA) is 74.7 Å². The van der Waals surface area contributed by atoms with Crippen LogP contribution in [-0.2, 0) is 0 Å². The minimum Gasteiger partial charge on any atom is -0.433 e. The number of hydrogen-bond acceptors (Lipinski definition) is 5. The quantitative estimate of drug-likeness (QED) is 0.740. The summed E-state index contributed by atoms with van der Waals surface area (Å²) in [5.41, 5.74) is 0.778. The normalized spacial score (nSPS) is 17.1. The number of aliphatic hydroxyl groups excluding tert-OH is 1. The molecule has 1 aliphatic rings. The van der Waals surface area contributed by atoms with Crippen LogP contribution < -0.4 is 15.0 Å². The molecule has 0 spiro atoms. The van der Waals surface area contributed by atoms with E-state index in [4.69, 9.17) is 0 Å². The third-order valence-corrected chi connectivity index (χ3v) is 4.54. The van der Waals surface area contributed by atoms with E-state index in [2.05, 4.69) is 31.0 Å². The third-order valence-electron chi connectivity index (χ3n) is 3.96. The summed E-state index contributed by atoms with van der Waals surface area (Å²) >= 11 is 3.41. The van der Waals surface area contributed by atoms with Gasteiger partial charge in [-0.3, -0.25) is 4.79 Å². The molecule has 2 heterocycles. The lowest BCUT2D eigenvalue weighted by Crippen LogP contribution is -2.23. The molecular weight excluding hydrogens is 424 g/mol. The van der Waals surface area contributed by atoms with Crippen LogP contribution in [0.15, 0.2) is 41.0 Å². The average Bonchev–Trinajstić information content (AvgIpc) is 3.01. The lowest BCUT2D eigenvalue weighted by Gasteiger charge is -2.18. The molecule has 1 aliphatic heterocycles. The number of rotatable bonds is 5. The number of nitrogens with one attached hydrogen (secondary N) is 1. The summed E-state index contributed by atoms with van der Waals surface area (Å²) in [4.78, 5) is 18.6. The van der Waals surface area contributed by atoms with Crippen LogP contribution in [0.1, 0.15) is 23.7 Å². The summed E-state index contributed by atoms with van der Waals surface area (Å²) in [7, 11) is 0. The number of ether oxygens (including phenoxy) is 1. The Kier molecular flexibility index (Phi) is 5.61. The molecule has 1 amide bonds. The third kappa shape index (κ3) is 5.14. The van der Waals surface area contributed by atoms with E-state index in [1.54, 1.807) is 6.07 Å². The van der Waals surface area contributed by atoms with Crippen molar-refractivity contribution in [2.24, 2.45) is 0 Å². The van der Waals surface area contributed by atoms with E-state index in [1.807, 2.05) is 4.90 Å². The highest BCUT2D eigenvalue weighted by Crippen LogP contribution is 2.28. The van der Waals surface area contributed by atoms with Gasteiger partial charge in [-0.1, -0.05) is 0 Å². The summed E-state index contributed by atoms with van der Waals surface area (Å²) in [6.07, 6.45) is -1.51. The molecule has 0 saturated carbocycles. The zero-order chi connectivity index (χ0) is 19.6. The maximum Gasteiger partial charge on any atom is 0.394 e. The van der Waals surface area contributed by atoms with Crippen molar-refractivity contribution in [3.05, 3.63) is 46.6 Å². The highest BCUT2D eigenvalue weighted by atomic mass is 79.9. The van der Waals surface area contributed by atoms with Crippen LogP contribution in [0.4, 0.5) is 20.3 Å². The Labute approximate surface area is 163 Å². The molecule has 1 aromatic heterocycles. The number of nitrogens with zero attached hydrogens (tertiary/aromatic N) is 2. The Morgan fingerprint density at radius 2 is 2.11 bits per heavy atom. The molecule has 1 aromatic carbocycles. The largest absolute Gasteiger partial charge is 0.433 e. The predicted octanol–water partition coefficient (Wildman–Crippen LogP) is 3.66. The molecule has 2 aromatic rings. The maximum atomic E-state index is 12.8. The van der Waals surface area contributed by atoms with E-state index < -0.39 is 6.11 Å². The molecule has 1 atom stereocenters. The monoisotopic (exact) mass is 441 g/mol. The molecule has 0 aliphatic carbocycles. The van der Waals surface area contributed by atoms with Crippen molar-refractivity contribution in [2.75, 3.05) is 23.3 Å². The minimum absolute atomic E-state index is 0.00191. The van der Waals surface area contributed by atoms with Crippen molar-refractivity contribution in [3.63, 3.8) is 0 Å². The second kappa shape index (κ2) is 7.77. The molecule has 2 N–H and O–H groups in total. The lowest BCUT2D eigenvalue weighted by atomic mass is 10.2. The van der Waals surface area contributed by atoms with Gasteiger partial charge in [0.2, 0.25) is 0 Å². The summed E-state index contributed by atoms with van der Waals surface area (Å²) in [6, 6.07) is 7.30. The fraction of sp³-hybridized carbons (Fsp3) is 0.333. The SMILES string of the molecule is CC(F)(F)Oc1ccc(NC(=O)c2cnc(N3CC[C@@H](O)C3)c(Br)c2)cc1. The Bertz CT molecular complexity index is 828. The molecule has 1 saturated heterocycles. The Morgan fingerprint density at radius 1 is 1.41 bits per heavy atom. The number of aliphatic hydroxyl groups is 1. The summed E-state index contributed by atoms with van der Waals surface area (Å²) in [6.45, 7) is 1.85. The van der Waals surface area contributed by atoms with E-state index >= 15 is 0 Å². The van der Waals surface area contributed by atoms with Crippen LogP contribution >= 0.6 is 15.9 Å². The lowest BCUT2D eigenvalue weighted by molar-refractivity contribution is -0.158. The van der Waals surface area contributed by atoms with Crippen molar-refractivity contribution >= 4 is 33.3 Å². The number of halogens is 3. The highest BCUT2D eigenvalue weighted by Gasteiger charge is 2.24. The molecule has 0 radical (unpaired) electrons. The van der Waals surface area contributed by atoms with Crippen LogP contribution in [-0.4, -0.2) is 41.3 Å². The van der Waals surface area contributed by atoms with Gasteiger partial charge in [-0.2, -0.15) is 8.78 Å². The first-order valence-electron chi connectivity index (χ1n) is 8.28. The van der Waals surface area contributed by atoms with Gasteiger partial charge >= 0.3 is 6.11 Å². The van der Waals surface area contributed by atoms with Crippen molar-refractivity contribution in [1.82, 2.24) is 4.98 Å². The minimum atomic E-state index is -3.27. The van der Waals surface area contributed by atoms with E-state index in [0.717, 1.165) is 0 Å². The number of aromatic nitrogens is 1. The first-order valence-corrected chi connectivity index (χ1v) is 9.07. The van der Waals surface area contributed by atoms with Crippen LogP contribution in [0.5, 0.6) is 5.75 Å². The molecule has 9 heteroatoms. The second-order valence-corrected chi connectivity index (χ2v) is 7.16. The van der Waals surface area contributed by atoms with E-state index in [0.29, 0.717) is 48.0 Å². The van der Waals surface area contributed by atoms with Gasteiger partial charge < -0.3 is 20.1 Å². The van der Waals surface area contributed by atoms with E-state index in [1.165, 1.54) is 30.5 Å². The van der Waals surface area contributed by atoms with Gasteiger partial charge in [0.25, 0.3) is 5.91 Å². The number of carbonyl (C=O) groups excluding carboxylic acids is 1. The van der Waals surface area contributed by atoms with Crippen LogP contribution in [0.3, 0.4) is 0 Å². The van der Waals surface area contributed by atoms with Gasteiger partial charge in [0.15, 0.2) is 0 Å². The zero-order valence-corrected chi connectivity index (χ0v) is 16.0. The van der Waals surface area contributed by atoms with Crippen molar-refractivity contribution < 1.29 is 23.4 Å². The second-order valence-electron chi connectivity index (χ2n) is 6.31. The molecule has 144 valence electrons. The fourth-order valence-electron chi connectivity index (χ4n) is 2.74. The van der Waals surface area contributed by atoms with Crippen molar-refractivity contribution in [2.45, 2.75) is 25.6 Å². The van der Waals surface area contributed by atoms with Gasteiger partial charge in [0.05, 0.1) is 16.1 Å². The molecule has 3 rings (SSSR count). The number of β-amino-alcohol motifs (C(OH)–C–C–N with tert-alkyl or cyclic N) is 1. The molecule has 1 fully saturated rings. The number of alkyl halides is 2. The number of amides is 1. The van der Waals surface area contributed by atoms with Crippen LogP contribution in [0, 0.1) is 0 Å². The maximum absolute atomic E-state index is 12.8. The number of carbonyl (C=O) groups is 1. The van der Waals surface area contributed by atoms with E-state index in [9.17, 15) is 18.7 Å². The molecular formula is C18H18BrF2N3O3. The van der Waals surface area contributed by atoms with Gasteiger partial charge in [-0.25, -0.2) is 4.98 Å². The van der Waals surface area contributed by atoms with E-state index in [-0.39, 0.29) is 17.8 Å². The van der Waals surface area contributed by atoms with Crippen LogP contribution in [0.2, 0.25) is 0 Å². The molecule has 6 nitrogen and oxygen atoms in total. The molecule has 0 unspecified atom stereocenters. The first-order chi connectivity index (χ1) is 12.7. The summed E-state index contributed by atoms with van der Waals surface area (Å²) in [5.74, 6) is 0.290. The van der Waals surface area contributed by atoms with Crippen molar-refractivity contribution in [3.8, 4) is 5.75 Å². The molecule has 0 bridgehead atoms. The predicted molar refractivity (Wildman–Crippen MR) is 100 cm³/mol. The Hall–Kier alpha value is -2.26. The summed E-state index contributed by atoms with van der Waals surface area (Å²) in [5, 5.41) is 12.3. The Balaban J connectivity index is 1.66. The number of anilines is 2. The number of pyridine rings is 1. The molecule has 27 heavy (non-hydrogen) atoms. The number of benzene rings is 1. The average molecular weight is 442 g/mol. The summed E-state index contributed by atoms with van der Waals surface area (Å²) < 4.78 is 30.7. The first kappa shape index (κ1) is 19.5. The number of hydrogen-bond donors (Lipinski definition) is 2. The Morgan fingerprint density at radius 3 is 2.67 bits per heavy atom. The smallest absolute Gasteiger partial charge is 0.394 e. The van der Waals surface area contributed by atoms with Gasteiger partial charge in [0, 0.05) is 31.9 Å².